The van der Waals surface area contributed by atoms with Gasteiger partial charge in [-0.15, -0.1) is 0 Å². The quantitative estimate of drug-likeness (QED) is 0.510. The Kier molecular flexibility index (Phi) is 5.41. The Labute approximate surface area is 185 Å². The number of ether oxygens (including phenoxy) is 1. The van der Waals surface area contributed by atoms with Crippen molar-refractivity contribution in [2.75, 3.05) is 13.1 Å². The van der Waals surface area contributed by atoms with Crippen LogP contribution in [0.15, 0.2) is 70.3 Å². The molecule has 0 amide bonds. The summed E-state index contributed by atoms with van der Waals surface area (Å²) >= 11 is 0. The van der Waals surface area contributed by atoms with Crippen LogP contribution in [0.1, 0.15) is 24.1 Å². The SMILES string of the molecule is Cn1c(CN2CCCC2)c2c(=O)n(-c3ccc(OCc4ccccc4)cc3)[nH]c2cc1=O. The van der Waals surface area contributed by atoms with E-state index >= 15 is 0 Å². The summed E-state index contributed by atoms with van der Waals surface area (Å²) in [5.41, 5.74) is 2.84. The molecule has 0 saturated carbocycles. The third-order valence-corrected chi connectivity index (χ3v) is 6.13. The highest BCUT2D eigenvalue weighted by Gasteiger charge is 2.20. The zero-order valence-corrected chi connectivity index (χ0v) is 18.1. The van der Waals surface area contributed by atoms with Crippen LogP contribution in [-0.4, -0.2) is 32.3 Å². The molecule has 7 nitrogen and oxygen atoms in total. The van der Waals surface area contributed by atoms with E-state index in [4.69, 9.17) is 4.74 Å². The summed E-state index contributed by atoms with van der Waals surface area (Å²) in [6.45, 7) is 3.07. The maximum Gasteiger partial charge on any atom is 0.280 e. The van der Waals surface area contributed by atoms with Crippen molar-refractivity contribution in [3.63, 3.8) is 0 Å². The molecular formula is C25H26N4O3. The summed E-state index contributed by atoms with van der Waals surface area (Å²) in [4.78, 5) is 28.2. The van der Waals surface area contributed by atoms with Gasteiger partial charge < -0.3 is 9.30 Å². The molecule has 0 unspecified atom stereocenters. The van der Waals surface area contributed by atoms with E-state index in [1.165, 1.54) is 10.7 Å². The summed E-state index contributed by atoms with van der Waals surface area (Å²) in [6, 6.07) is 18.8. The first-order valence-electron chi connectivity index (χ1n) is 10.9. The van der Waals surface area contributed by atoms with Gasteiger partial charge in [0.1, 0.15) is 12.4 Å². The lowest BCUT2D eigenvalue weighted by Gasteiger charge is -2.17. The number of hydrogen-bond donors (Lipinski definition) is 1. The van der Waals surface area contributed by atoms with Gasteiger partial charge in [-0.05, 0) is 55.8 Å². The fraction of sp³-hybridized carbons (Fsp3) is 0.280. The zero-order chi connectivity index (χ0) is 22.1. The van der Waals surface area contributed by atoms with Crippen molar-refractivity contribution >= 4 is 10.9 Å². The van der Waals surface area contributed by atoms with Crippen molar-refractivity contribution in [1.82, 2.24) is 19.2 Å². The van der Waals surface area contributed by atoms with Crippen molar-refractivity contribution in [3.8, 4) is 11.4 Å². The fourth-order valence-electron chi connectivity index (χ4n) is 4.31. The lowest BCUT2D eigenvalue weighted by Crippen LogP contribution is -2.27. The molecule has 0 aliphatic carbocycles. The Balaban J connectivity index is 1.46. The summed E-state index contributed by atoms with van der Waals surface area (Å²) in [6.07, 6.45) is 2.31. The summed E-state index contributed by atoms with van der Waals surface area (Å²) in [5, 5.41) is 3.69. The highest BCUT2D eigenvalue weighted by Crippen LogP contribution is 2.20. The lowest BCUT2D eigenvalue weighted by molar-refractivity contribution is 0.306. The van der Waals surface area contributed by atoms with Crippen molar-refractivity contribution in [1.29, 1.82) is 0 Å². The number of hydrogen-bond acceptors (Lipinski definition) is 4. The minimum atomic E-state index is -0.150. The molecule has 7 heteroatoms. The minimum Gasteiger partial charge on any atom is -0.489 e. The van der Waals surface area contributed by atoms with E-state index in [2.05, 4.69) is 10.00 Å². The number of nitrogens with zero attached hydrogens (tertiary/aromatic N) is 3. The van der Waals surface area contributed by atoms with Crippen LogP contribution >= 0.6 is 0 Å². The van der Waals surface area contributed by atoms with Crippen molar-refractivity contribution in [2.45, 2.75) is 26.0 Å². The van der Waals surface area contributed by atoms with Crippen molar-refractivity contribution in [2.24, 2.45) is 7.05 Å². The molecule has 4 aromatic rings. The number of pyridine rings is 1. The summed E-state index contributed by atoms with van der Waals surface area (Å²) < 4.78 is 8.95. The van der Waals surface area contributed by atoms with Gasteiger partial charge in [-0.25, -0.2) is 4.68 Å². The van der Waals surface area contributed by atoms with Gasteiger partial charge in [0.15, 0.2) is 0 Å². The van der Waals surface area contributed by atoms with Gasteiger partial charge in [0, 0.05) is 25.4 Å². The second kappa shape index (κ2) is 8.51. The molecule has 0 radical (unpaired) electrons. The lowest BCUT2D eigenvalue weighted by atomic mass is 10.2. The first-order valence-corrected chi connectivity index (χ1v) is 10.9. The Morgan fingerprint density at radius 1 is 0.969 bits per heavy atom. The molecule has 5 rings (SSSR count). The molecule has 1 aliphatic heterocycles. The predicted molar refractivity (Wildman–Crippen MR) is 124 cm³/mol. The fourth-order valence-corrected chi connectivity index (χ4v) is 4.31. The first kappa shape index (κ1) is 20.3. The zero-order valence-electron chi connectivity index (χ0n) is 18.1. The molecule has 164 valence electrons. The standard InChI is InChI=1S/C25H26N4O3/c1-27-22(16-28-13-5-6-14-28)24-21(15-23(27)30)26-29(25(24)31)19-9-11-20(12-10-19)32-17-18-7-3-2-4-8-18/h2-4,7-12,15,26H,5-6,13-14,16-17H2,1H3. The molecule has 0 atom stereocenters. The largest absolute Gasteiger partial charge is 0.489 e. The number of aromatic nitrogens is 3. The number of likely N-dealkylation sites (tertiary alicyclic amines) is 1. The Bertz CT molecular complexity index is 1340. The van der Waals surface area contributed by atoms with Crippen molar-refractivity contribution < 1.29 is 4.74 Å². The van der Waals surface area contributed by atoms with Gasteiger partial charge in [0.05, 0.1) is 16.6 Å². The number of benzene rings is 2. The van der Waals surface area contributed by atoms with E-state index < -0.39 is 0 Å². The van der Waals surface area contributed by atoms with Crippen LogP contribution in [0.3, 0.4) is 0 Å². The van der Waals surface area contributed by atoms with E-state index in [0.717, 1.165) is 42.9 Å². The van der Waals surface area contributed by atoms with Gasteiger partial charge in [-0.1, -0.05) is 30.3 Å². The average Bonchev–Trinajstić information content (AvgIpc) is 3.44. The van der Waals surface area contributed by atoms with Crippen LogP contribution in [0, 0.1) is 0 Å². The number of rotatable bonds is 6. The maximum atomic E-state index is 13.3. The maximum absolute atomic E-state index is 13.3. The van der Waals surface area contributed by atoms with E-state index in [0.29, 0.717) is 29.7 Å². The number of aromatic amines is 1. The summed E-state index contributed by atoms with van der Waals surface area (Å²) in [7, 11) is 1.74. The molecule has 1 fully saturated rings. The predicted octanol–water partition coefficient (Wildman–Crippen LogP) is 3.19. The number of fused-ring (bicyclic) bond motifs is 1. The molecular weight excluding hydrogens is 404 g/mol. The first-order chi connectivity index (χ1) is 15.6. The van der Waals surface area contributed by atoms with Crippen LogP contribution < -0.4 is 15.9 Å². The molecule has 1 saturated heterocycles. The van der Waals surface area contributed by atoms with Gasteiger partial charge >= 0.3 is 0 Å². The molecule has 32 heavy (non-hydrogen) atoms. The van der Waals surface area contributed by atoms with Gasteiger partial charge in [0.2, 0.25) is 0 Å². The molecule has 0 spiro atoms. The molecule has 1 aliphatic rings. The molecule has 3 heterocycles. The van der Waals surface area contributed by atoms with Crippen LogP contribution in [0.2, 0.25) is 0 Å². The van der Waals surface area contributed by atoms with Crippen LogP contribution in [-0.2, 0) is 20.2 Å². The third kappa shape index (κ3) is 3.87. The van der Waals surface area contributed by atoms with E-state index in [1.807, 2.05) is 54.6 Å². The topological polar surface area (TPSA) is 72.3 Å². The van der Waals surface area contributed by atoms with Gasteiger partial charge in [-0.2, -0.15) is 0 Å². The second-order valence-corrected chi connectivity index (χ2v) is 8.28. The monoisotopic (exact) mass is 430 g/mol. The molecule has 0 bridgehead atoms. The average molecular weight is 431 g/mol. The smallest absolute Gasteiger partial charge is 0.280 e. The van der Waals surface area contributed by atoms with Crippen molar-refractivity contribution in [3.05, 3.63) is 92.6 Å². The normalized spacial score (nSPS) is 14.3. The molecule has 2 aromatic carbocycles. The van der Waals surface area contributed by atoms with E-state index in [1.54, 1.807) is 11.6 Å². The Morgan fingerprint density at radius 3 is 2.41 bits per heavy atom. The minimum absolute atomic E-state index is 0.121. The van der Waals surface area contributed by atoms with Gasteiger partial charge in [0.25, 0.3) is 11.1 Å². The Hall–Kier alpha value is -3.58. The van der Waals surface area contributed by atoms with E-state index in [-0.39, 0.29) is 11.1 Å². The van der Waals surface area contributed by atoms with Crippen LogP contribution in [0.4, 0.5) is 0 Å². The number of H-pyrrole nitrogens is 1. The van der Waals surface area contributed by atoms with E-state index in [9.17, 15) is 9.59 Å². The second-order valence-electron chi connectivity index (χ2n) is 8.28. The summed E-state index contributed by atoms with van der Waals surface area (Å²) in [5.74, 6) is 0.727. The van der Waals surface area contributed by atoms with Gasteiger partial charge in [-0.3, -0.25) is 19.6 Å². The third-order valence-electron chi connectivity index (χ3n) is 6.13. The molecule has 1 N–H and O–H groups in total. The highest BCUT2D eigenvalue weighted by molar-refractivity contribution is 5.80. The highest BCUT2D eigenvalue weighted by atomic mass is 16.5. The van der Waals surface area contributed by atoms with Crippen LogP contribution in [0.25, 0.3) is 16.6 Å². The van der Waals surface area contributed by atoms with Crippen LogP contribution in [0.5, 0.6) is 5.75 Å². The number of nitrogens with one attached hydrogen (secondary N) is 1. The molecule has 2 aromatic heterocycles. The Morgan fingerprint density at radius 2 is 1.69 bits per heavy atom.